The number of hydrogen-bond acceptors (Lipinski definition) is 6. The molecule has 0 N–H and O–H groups in total. The molecular weight excluding hydrogens is 321 g/mol. The maximum atomic E-state index is 13.1. The molecule has 2 aliphatic rings. The predicted molar refractivity (Wildman–Crippen MR) is 95.9 cm³/mol. The standard InChI is InChI=1S/C18H22FN5O/c19-15-1-3-16(4-2-15)22-7-9-24(10-8-22)18-20-6-5-17(21-18)23-11-13-25-14-12-23/h1-6H,7-14H2. The Labute approximate surface area is 146 Å². The molecule has 0 saturated carbocycles. The molecular formula is C18H22FN5O. The molecule has 0 unspecified atom stereocenters. The Hall–Kier alpha value is -2.41. The molecule has 0 amide bonds. The summed E-state index contributed by atoms with van der Waals surface area (Å²) >= 11 is 0. The molecule has 1 aromatic heterocycles. The Bertz CT molecular complexity index is 697. The van der Waals surface area contributed by atoms with E-state index in [1.165, 1.54) is 12.1 Å². The van der Waals surface area contributed by atoms with Gasteiger partial charge in [0.15, 0.2) is 0 Å². The smallest absolute Gasteiger partial charge is 0.227 e. The van der Waals surface area contributed by atoms with E-state index in [9.17, 15) is 4.39 Å². The van der Waals surface area contributed by atoms with Crippen LogP contribution in [0.25, 0.3) is 0 Å². The number of nitrogens with zero attached hydrogens (tertiary/aromatic N) is 5. The van der Waals surface area contributed by atoms with Gasteiger partial charge in [0.25, 0.3) is 0 Å². The van der Waals surface area contributed by atoms with E-state index >= 15 is 0 Å². The van der Waals surface area contributed by atoms with Crippen molar-refractivity contribution in [2.45, 2.75) is 0 Å². The number of benzene rings is 1. The predicted octanol–water partition coefficient (Wildman–Crippen LogP) is 1.78. The molecule has 3 heterocycles. The van der Waals surface area contributed by atoms with E-state index in [0.29, 0.717) is 0 Å². The third-order valence-corrected chi connectivity index (χ3v) is 4.72. The van der Waals surface area contributed by atoms with Crippen molar-refractivity contribution in [3.63, 3.8) is 0 Å². The van der Waals surface area contributed by atoms with Crippen molar-refractivity contribution in [2.75, 3.05) is 67.2 Å². The molecule has 4 rings (SSSR count). The number of morpholine rings is 1. The number of halogens is 1. The van der Waals surface area contributed by atoms with Crippen molar-refractivity contribution in [1.29, 1.82) is 0 Å². The molecule has 2 aromatic rings. The van der Waals surface area contributed by atoms with E-state index in [0.717, 1.165) is 69.9 Å². The minimum Gasteiger partial charge on any atom is -0.378 e. The zero-order valence-electron chi connectivity index (χ0n) is 14.1. The van der Waals surface area contributed by atoms with Crippen LogP contribution < -0.4 is 14.7 Å². The minimum atomic E-state index is -0.198. The van der Waals surface area contributed by atoms with Crippen molar-refractivity contribution in [1.82, 2.24) is 9.97 Å². The van der Waals surface area contributed by atoms with Gasteiger partial charge in [0.05, 0.1) is 13.2 Å². The lowest BCUT2D eigenvalue weighted by Crippen LogP contribution is -2.47. The topological polar surface area (TPSA) is 44.7 Å². The average molecular weight is 343 g/mol. The van der Waals surface area contributed by atoms with Gasteiger partial charge < -0.3 is 19.4 Å². The molecule has 132 valence electrons. The van der Waals surface area contributed by atoms with Gasteiger partial charge in [-0.25, -0.2) is 9.37 Å². The van der Waals surface area contributed by atoms with Crippen LogP contribution >= 0.6 is 0 Å². The average Bonchev–Trinajstić information content (AvgIpc) is 2.70. The highest BCUT2D eigenvalue weighted by molar-refractivity contribution is 5.49. The van der Waals surface area contributed by atoms with Crippen LogP contribution in [0.5, 0.6) is 0 Å². The fourth-order valence-corrected chi connectivity index (χ4v) is 3.28. The first kappa shape index (κ1) is 16.1. The molecule has 0 radical (unpaired) electrons. The Morgan fingerprint density at radius 3 is 2.20 bits per heavy atom. The van der Waals surface area contributed by atoms with Gasteiger partial charge in [-0.2, -0.15) is 4.98 Å². The number of rotatable bonds is 3. The van der Waals surface area contributed by atoms with Gasteiger partial charge in [-0.15, -0.1) is 0 Å². The highest BCUT2D eigenvalue weighted by Crippen LogP contribution is 2.20. The van der Waals surface area contributed by atoms with Crippen LogP contribution in [0.1, 0.15) is 0 Å². The fourth-order valence-electron chi connectivity index (χ4n) is 3.28. The van der Waals surface area contributed by atoms with Crippen molar-refractivity contribution >= 4 is 17.5 Å². The van der Waals surface area contributed by atoms with E-state index in [-0.39, 0.29) is 5.82 Å². The molecule has 2 aliphatic heterocycles. The molecule has 25 heavy (non-hydrogen) atoms. The SMILES string of the molecule is Fc1ccc(N2CCN(c3nccc(N4CCOCC4)n3)CC2)cc1. The first-order chi connectivity index (χ1) is 12.3. The first-order valence-electron chi connectivity index (χ1n) is 8.71. The van der Waals surface area contributed by atoms with E-state index in [1.807, 2.05) is 24.4 Å². The van der Waals surface area contributed by atoms with Crippen LogP contribution in [0.4, 0.5) is 21.8 Å². The van der Waals surface area contributed by atoms with Crippen molar-refractivity contribution < 1.29 is 9.13 Å². The summed E-state index contributed by atoms with van der Waals surface area (Å²) in [6, 6.07) is 8.65. The molecule has 2 saturated heterocycles. The third kappa shape index (κ3) is 3.66. The maximum absolute atomic E-state index is 13.1. The number of anilines is 3. The van der Waals surface area contributed by atoms with E-state index in [1.54, 1.807) is 0 Å². The number of hydrogen-bond donors (Lipinski definition) is 0. The summed E-state index contributed by atoms with van der Waals surface area (Å²) in [5.41, 5.74) is 1.06. The second-order valence-corrected chi connectivity index (χ2v) is 6.26. The Balaban J connectivity index is 1.41. The van der Waals surface area contributed by atoms with Gasteiger partial charge in [0.1, 0.15) is 11.6 Å². The zero-order chi connectivity index (χ0) is 17.1. The van der Waals surface area contributed by atoms with Crippen molar-refractivity contribution in [3.8, 4) is 0 Å². The van der Waals surface area contributed by atoms with Crippen LogP contribution in [0.15, 0.2) is 36.5 Å². The lowest BCUT2D eigenvalue weighted by atomic mass is 10.2. The van der Waals surface area contributed by atoms with Gasteiger partial charge in [-0.1, -0.05) is 0 Å². The van der Waals surface area contributed by atoms with Gasteiger partial charge in [0, 0.05) is 51.2 Å². The highest BCUT2D eigenvalue weighted by Gasteiger charge is 2.20. The second-order valence-electron chi connectivity index (χ2n) is 6.26. The second kappa shape index (κ2) is 7.23. The summed E-state index contributed by atoms with van der Waals surface area (Å²) < 4.78 is 18.5. The molecule has 7 heteroatoms. The normalized spacial score (nSPS) is 18.5. The molecule has 0 atom stereocenters. The Kier molecular flexibility index (Phi) is 4.65. The lowest BCUT2D eigenvalue weighted by molar-refractivity contribution is 0.122. The Morgan fingerprint density at radius 2 is 1.48 bits per heavy atom. The Morgan fingerprint density at radius 1 is 0.800 bits per heavy atom. The van der Waals surface area contributed by atoms with Crippen LogP contribution in [-0.4, -0.2) is 62.5 Å². The number of piperazine rings is 1. The minimum absolute atomic E-state index is 0.198. The summed E-state index contributed by atoms with van der Waals surface area (Å²) in [5, 5.41) is 0. The summed E-state index contributed by atoms with van der Waals surface area (Å²) in [5.74, 6) is 1.55. The van der Waals surface area contributed by atoms with Crippen LogP contribution in [0, 0.1) is 5.82 Å². The van der Waals surface area contributed by atoms with Crippen molar-refractivity contribution in [3.05, 3.63) is 42.3 Å². The monoisotopic (exact) mass is 343 g/mol. The maximum Gasteiger partial charge on any atom is 0.227 e. The molecule has 0 aliphatic carbocycles. The van der Waals surface area contributed by atoms with Crippen LogP contribution in [0.3, 0.4) is 0 Å². The number of ether oxygens (including phenoxy) is 1. The largest absolute Gasteiger partial charge is 0.378 e. The first-order valence-corrected chi connectivity index (χ1v) is 8.71. The summed E-state index contributed by atoms with van der Waals surface area (Å²) in [7, 11) is 0. The quantitative estimate of drug-likeness (QED) is 0.847. The van der Waals surface area contributed by atoms with Crippen LogP contribution in [-0.2, 0) is 4.74 Å². The summed E-state index contributed by atoms with van der Waals surface area (Å²) in [6.07, 6.45) is 1.83. The molecule has 1 aromatic carbocycles. The zero-order valence-corrected chi connectivity index (χ0v) is 14.1. The summed E-state index contributed by atoms with van der Waals surface area (Å²) in [6.45, 7) is 6.68. The summed E-state index contributed by atoms with van der Waals surface area (Å²) in [4.78, 5) is 15.9. The number of aromatic nitrogens is 2. The van der Waals surface area contributed by atoms with Crippen molar-refractivity contribution in [2.24, 2.45) is 0 Å². The third-order valence-electron chi connectivity index (χ3n) is 4.72. The van der Waals surface area contributed by atoms with E-state index in [2.05, 4.69) is 19.7 Å². The van der Waals surface area contributed by atoms with Gasteiger partial charge >= 0.3 is 0 Å². The lowest BCUT2D eigenvalue weighted by Gasteiger charge is -2.36. The van der Waals surface area contributed by atoms with Gasteiger partial charge in [-0.3, -0.25) is 0 Å². The van der Waals surface area contributed by atoms with E-state index in [4.69, 9.17) is 9.72 Å². The molecule has 6 nitrogen and oxygen atoms in total. The molecule has 0 bridgehead atoms. The van der Waals surface area contributed by atoms with Gasteiger partial charge in [0.2, 0.25) is 5.95 Å². The fraction of sp³-hybridized carbons (Fsp3) is 0.444. The highest BCUT2D eigenvalue weighted by atomic mass is 19.1. The van der Waals surface area contributed by atoms with Crippen LogP contribution in [0.2, 0.25) is 0 Å². The molecule has 0 spiro atoms. The van der Waals surface area contributed by atoms with E-state index < -0.39 is 0 Å². The molecule has 2 fully saturated rings. The van der Waals surface area contributed by atoms with Gasteiger partial charge in [-0.05, 0) is 30.3 Å².